The van der Waals surface area contributed by atoms with Crippen molar-refractivity contribution in [3.05, 3.63) is 29.0 Å². The number of pyridine rings is 1. The third-order valence-electron chi connectivity index (χ3n) is 0.622. The molecule has 0 spiro atoms. The van der Waals surface area contributed by atoms with Crippen molar-refractivity contribution < 1.29 is 11.5 Å². The normalized spacial score (nSPS) is 12.8. The van der Waals surface area contributed by atoms with Crippen LogP contribution in [0.1, 0.15) is 2.74 Å². The minimum atomic E-state index is -1.30. The van der Waals surface area contributed by atoms with E-state index in [1.165, 1.54) is 0 Å². The van der Waals surface area contributed by atoms with Gasteiger partial charge >= 0.3 is 0 Å². The largest absolute Gasteiger partial charge is 0.217 e. The molecule has 1 aromatic rings. The molecule has 0 aromatic carbocycles. The molecule has 0 bridgehead atoms. The van der Waals surface area contributed by atoms with E-state index in [2.05, 4.69) is 4.98 Å². The van der Waals surface area contributed by atoms with E-state index in [1.807, 2.05) is 0 Å². The molecular weight excluding hydrogens is 148 g/mol. The lowest BCUT2D eigenvalue weighted by molar-refractivity contribution is 0.552. The van der Waals surface area contributed by atoms with Crippen LogP contribution in [0.25, 0.3) is 0 Å². The molecule has 0 atom stereocenters. The Morgan fingerprint density at radius 3 is 2.89 bits per heavy atom. The highest BCUT2D eigenvalue weighted by atomic mass is 35.5. The SMILES string of the molecule is [2H]c1c(F)nc(Cl)c([2H])c1F. The van der Waals surface area contributed by atoms with Gasteiger partial charge in [-0.2, -0.15) is 4.39 Å². The van der Waals surface area contributed by atoms with E-state index in [0.717, 1.165) is 0 Å². The summed E-state index contributed by atoms with van der Waals surface area (Å²) >= 11 is 5.13. The van der Waals surface area contributed by atoms with Crippen molar-refractivity contribution in [2.75, 3.05) is 0 Å². The van der Waals surface area contributed by atoms with Gasteiger partial charge < -0.3 is 0 Å². The lowest BCUT2D eigenvalue weighted by atomic mass is 10.5. The summed E-state index contributed by atoms with van der Waals surface area (Å²) < 4.78 is 38.3. The Balaban J connectivity index is 3.46. The molecule has 0 aliphatic carbocycles. The van der Waals surface area contributed by atoms with Crippen molar-refractivity contribution in [3.8, 4) is 0 Å². The Bertz CT molecular complexity index is 279. The molecule has 0 saturated heterocycles. The molecule has 1 nitrogen and oxygen atoms in total. The predicted molar refractivity (Wildman–Crippen MR) is 29.2 cm³/mol. The summed E-state index contributed by atoms with van der Waals surface area (Å²) in [5.74, 6) is -2.59. The maximum atomic E-state index is 12.5. The number of nitrogens with zero attached hydrogens (tertiary/aromatic N) is 1. The van der Waals surface area contributed by atoms with Gasteiger partial charge in [-0.3, -0.25) is 0 Å². The molecule has 0 unspecified atom stereocenters. The Hall–Kier alpha value is -0.700. The molecule has 0 aliphatic heterocycles. The summed E-state index contributed by atoms with van der Waals surface area (Å²) in [6.45, 7) is 0. The van der Waals surface area contributed by atoms with Crippen molar-refractivity contribution in [2.45, 2.75) is 0 Å². The first-order chi connectivity index (χ1) is 5.04. The van der Waals surface area contributed by atoms with E-state index in [9.17, 15) is 8.78 Å². The Morgan fingerprint density at radius 2 is 2.22 bits per heavy atom. The maximum Gasteiger partial charge on any atom is 0.217 e. The quantitative estimate of drug-likeness (QED) is 0.517. The second-order valence-electron chi connectivity index (χ2n) is 1.26. The number of hydrogen-bond acceptors (Lipinski definition) is 1. The van der Waals surface area contributed by atoms with E-state index in [-0.39, 0.29) is 0 Å². The van der Waals surface area contributed by atoms with Crippen LogP contribution in [-0.4, -0.2) is 4.98 Å². The number of rotatable bonds is 0. The molecule has 0 N–H and O–H groups in total. The van der Waals surface area contributed by atoms with Crippen LogP contribution in [0.2, 0.25) is 5.15 Å². The van der Waals surface area contributed by atoms with Crippen LogP contribution in [0.15, 0.2) is 12.1 Å². The van der Waals surface area contributed by atoms with E-state index < -0.39 is 29.0 Å². The summed E-state index contributed by atoms with van der Waals surface area (Å²) in [5, 5.41) is -0.573. The Labute approximate surface area is 58.1 Å². The monoisotopic (exact) mass is 151 g/mol. The van der Waals surface area contributed by atoms with Gasteiger partial charge in [0, 0.05) is 12.1 Å². The first kappa shape index (κ1) is 4.17. The molecule has 0 amide bonds. The summed E-state index contributed by atoms with van der Waals surface area (Å²) in [4.78, 5) is 2.92. The topological polar surface area (TPSA) is 12.9 Å². The first-order valence-electron chi connectivity index (χ1n) is 3.01. The number of halogens is 3. The summed E-state index contributed by atoms with van der Waals surface area (Å²) in [6, 6.07) is -1.78. The molecule has 48 valence electrons. The smallest absolute Gasteiger partial charge is 0.208 e. The average molecular weight is 152 g/mol. The third kappa shape index (κ3) is 1.61. The van der Waals surface area contributed by atoms with Gasteiger partial charge in [0.2, 0.25) is 5.95 Å². The highest BCUT2D eigenvalue weighted by Crippen LogP contribution is 2.07. The van der Waals surface area contributed by atoms with E-state index in [1.54, 1.807) is 0 Å². The molecule has 9 heavy (non-hydrogen) atoms. The van der Waals surface area contributed by atoms with Crippen LogP contribution >= 0.6 is 11.6 Å². The van der Waals surface area contributed by atoms with E-state index in [4.69, 9.17) is 14.3 Å². The number of aromatic nitrogens is 1. The lowest BCUT2D eigenvalue weighted by Crippen LogP contribution is -1.84. The van der Waals surface area contributed by atoms with Crippen LogP contribution in [0.4, 0.5) is 8.78 Å². The summed E-state index contributed by atoms with van der Waals surface area (Å²) in [7, 11) is 0. The fourth-order valence-corrected chi connectivity index (χ4v) is 0.512. The molecule has 1 heterocycles. The van der Waals surface area contributed by atoms with Crippen LogP contribution in [-0.2, 0) is 0 Å². The van der Waals surface area contributed by atoms with Gasteiger partial charge in [-0.25, -0.2) is 9.37 Å². The minimum Gasteiger partial charge on any atom is -0.208 e. The van der Waals surface area contributed by atoms with Crippen molar-refractivity contribution in [1.82, 2.24) is 4.98 Å². The maximum absolute atomic E-state index is 12.5. The lowest BCUT2D eigenvalue weighted by Gasteiger charge is -1.88. The standard InChI is InChI=1S/C5H2ClF2N/c6-4-1-3(7)2-5(8)9-4/h1-2H/i1D,2D. The number of hydrogen-bond donors (Lipinski definition) is 0. The van der Waals surface area contributed by atoms with Crippen molar-refractivity contribution in [3.63, 3.8) is 0 Å². The molecule has 0 aliphatic rings. The minimum absolute atomic E-state index is 0.573. The summed E-state index contributed by atoms with van der Waals surface area (Å²) in [5.41, 5.74) is 0. The molecule has 0 radical (unpaired) electrons. The van der Waals surface area contributed by atoms with Crippen molar-refractivity contribution >= 4 is 11.6 Å². The van der Waals surface area contributed by atoms with Crippen molar-refractivity contribution in [1.29, 1.82) is 0 Å². The fraction of sp³-hybridized carbons (Fsp3) is 0. The zero-order valence-corrected chi connectivity index (χ0v) is 4.84. The molecule has 4 heteroatoms. The van der Waals surface area contributed by atoms with Gasteiger partial charge in [-0.1, -0.05) is 11.6 Å². The highest BCUT2D eigenvalue weighted by Gasteiger charge is 1.97. The summed E-state index contributed by atoms with van der Waals surface area (Å²) in [6.07, 6.45) is 0. The highest BCUT2D eigenvalue weighted by molar-refractivity contribution is 6.29. The van der Waals surface area contributed by atoms with Crippen molar-refractivity contribution in [2.24, 2.45) is 0 Å². The van der Waals surface area contributed by atoms with E-state index >= 15 is 0 Å². The van der Waals surface area contributed by atoms with Crippen LogP contribution in [0.3, 0.4) is 0 Å². The molecule has 0 fully saturated rings. The van der Waals surface area contributed by atoms with E-state index in [0.29, 0.717) is 0 Å². The van der Waals surface area contributed by atoms with Crippen LogP contribution in [0, 0.1) is 11.8 Å². The zero-order chi connectivity index (χ0) is 8.59. The zero-order valence-electron chi connectivity index (χ0n) is 6.08. The van der Waals surface area contributed by atoms with Gasteiger partial charge in [0.05, 0.1) is 2.74 Å². The van der Waals surface area contributed by atoms with Gasteiger partial charge in [0.1, 0.15) is 11.0 Å². The second-order valence-corrected chi connectivity index (χ2v) is 1.62. The molecule has 1 aromatic heterocycles. The van der Waals surface area contributed by atoms with Gasteiger partial charge in [0.25, 0.3) is 0 Å². The Kier molecular flexibility index (Phi) is 1.05. The molecule has 0 saturated carbocycles. The third-order valence-corrected chi connectivity index (χ3v) is 0.801. The van der Waals surface area contributed by atoms with Gasteiger partial charge in [-0.15, -0.1) is 0 Å². The molecule has 1 rings (SSSR count). The van der Waals surface area contributed by atoms with Gasteiger partial charge in [0.15, 0.2) is 0 Å². The Morgan fingerprint density at radius 1 is 1.56 bits per heavy atom. The average Bonchev–Trinajstić information content (AvgIpc) is 1.97. The van der Waals surface area contributed by atoms with Crippen LogP contribution in [0.5, 0.6) is 0 Å². The van der Waals surface area contributed by atoms with Gasteiger partial charge in [-0.05, 0) is 0 Å². The van der Waals surface area contributed by atoms with Crippen LogP contribution < -0.4 is 0 Å². The fourth-order valence-electron chi connectivity index (χ4n) is 0.354. The predicted octanol–water partition coefficient (Wildman–Crippen LogP) is 2.01. The second kappa shape index (κ2) is 2.27. The molecular formula is C5H2ClF2N. The first-order valence-corrected chi connectivity index (χ1v) is 2.39.